The van der Waals surface area contributed by atoms with Crippen molar-refractivity contribution in [2.75, 3.05) is 32.0 Å². The molecule has 2 aliphatic heterocycles. The molecule has 0 radical (unpaired) electrons. The van der Waals surface area contributed by atoms with Gasteiger partial charge in [0, 0.05) is 37.2 Å². The molecule has 5 nitrogen and oxygen atoms in total. The molecule has 0 aromatic heterocycles. The fourth-order valence-corrected chi connectivity index (χ4v) is 4.55. The Bertz CT molecular complexity index is 596. The number of halogens is 1. The molecule has 3 aliphatic rings. The van der Waals surface area contributed by atoms with E-state index in [9.17, 15) is 4.39 Å². The molecule has 0 bridgehead atoms. The molecular weight excluding hydrogens is 323 g/mol. The summed E-state index contributed by atoms with van der Waals surface area (Å²) in [5.74, 6) is -0.694. The highest BCUT2D eigenvalue weighted by Crippen LogP contribution is 2.44. The molecule has 2 heterocycles. The van der Waals surface area contributed by atoms with Crippen molar-refractivity contribution in [2.45, 2.75) is 56.0 Å². The predicted octanol–water partition coefficient (Wildman–Crippen LogP) is 2.38. The average molecular weight is 350 g/mol. The van der Waals surface area contributed by atoms with Crippen molar-refractivity contribution < 1.29 is 18.6 Å². The summed E-state index contributed by atoms with van der Waals surface area (Å²) in [5.41, 5.74) is 6.79. The van der Waals surface area contributed by atoms with E-state index in [0.29, 0.717) is 30.9 Å². The Morgan fingerprint density at radius 2 is 2.08 bits per heavy atom. The van der Waals surface area contributed by atoms with E-state index in [2.05, 4.69) is 5.32 Å². The maximum Gasteiger partial charge on any atom is 0.171 e. The largest absolute Gasteiger partial charge is 0.398 e. The van der Waals surface area contributed by atoms with Crippen LogP contribution in [0.3, 0.4) is 0 Å². The van der Waals surface area contributed by atoms with Crippen LogP contribution in [0.15, 0.2) is 18.2 Å². The van der Waals surface area contributed by atoms with Gasteiger partial charge >= 0.3 is 0 Å². The summed E-state index contributed by atoms with van der Waals surface area (Å²) in [7, 11) is 0. The van der Waals surface area contributed by atoms with E-state index in [1.807, 2.05) is 0 Å². The third-order valence-electron chi connectivity index (χ3n) is 5.70. The van der Waals surface area contributed by atoms with Crippen molar-refractivity contribution in [1.29, 1.82) is 0 Å². The lowest BCUT2D eigenvalue weighted by molar-refractivity contribution is -0.243. The first-order chi connectivity index (χ1) is 12.1. The Balaban J connectivity index is 1.41. The van der Waals surface area contributed by atoms with Crippen molar-refractivity contribution in [2.24, 2.45) is 0 Å². The van der Waals surface area contributed by atoms with Gasteiger partial charge in [-0.25, -0.2) is 4.39 Å². The van der Waals surface area contributed by atoms with Crippen LogP contribution in [0.1, 0.15) is 37.7 Å². The van der Waals surface area contributed by atoms with Gasteiger partial charge in [0.05, 0.1) is 24.9 Å². The maximum atomic E-state index is 14.0. The normalized spacial score (nSPS) is 31.6. The zero-order chi connectivity index (χ0) is 17.3. The lowest BCUT2D eigenvalue weighted by atomic mass is 9.79. The molecule has 2 saturated heterocycles. The van der Waals surface area contributed by atoms with Gasteiger partial charge in [-0.15, -0.1) is 0 Å². The van der Waals surface area contributed by atoms with Gasteiger partial charge in [-0.05, 0) is 37.8 Å². The van der Waals surface area contributed by atoms with Crippen LogP contribution < -0.4 is 11.1 Å². The molecule has 4 rings (SSSR count). The summed E-state index contributed by atoms with van der Waals surface area (Å²) in [5, 5.41) is 3.51. The lowest BCUT2D eigenvalue weighted by Crippen LogP contribution is -2.59. The molecule has 1 saturated carbocycles. The molecule has 3 fully saturated rings. The first-order valence-electron chi connectivity index (χ1n) is 9.29. The fourth-order valence-electron chi connectivity index (χ4n) is 4.55. The number of rotatable bonds is 3. The third-order valence-corrected chi connectivity index (χ3v) is 5.70. The highest BCUT2D eigenvalue weighted by Gasteiger charge is 2.51. The zero-order valence-electron chi connectivity index (χ0n) is 14.6. The number of hydrogen-bond donors (Lipinski definition) is 2. The number of hydrogen-bond acceptors (Lipinski definition) is 5. The van der Waals surface area contributed by atoms with Gasteiger partial charge in [0.25, 0.3) is 0 Å². The van der Waals surface area contributed by atoms with Crippen molar-refractivity contribution in [3.63, 3.8) is 0 Å². The maximum absolute atomic E-state index is 14.0. The number of morpholine rings is 1. The molecule has 6 heteroatoms. The first kappa shape index (κ1) is 17.2. The zero-order valence-corrected chi connectivity index (χ0v) is 14.6. The van der Waals surface area contributed by atoms with E-state index in [4.69, 9.17) is 19.9 Å². The molecule has 2 spiro atoms. The molecular formula is C19H27FN2O3. The van der Waals surface area contributed by atoms with E-state index in [-0.39, 0.29) is 17.5 Å². The van der Waals surface area contributed by atoms with Gasteiger partial charge in [-0.1, -0.05) is 6.07 Å². The first-order valence-corrected chi connectivity index (χ1v) is 9.29. The van der Waals surface area contributed by atoms with Gasteiger partial charge in [-0.3, -0.25) is 0 Å². The fraction of sp³-hybridized carbons (Fsp3) is 0.684. The van der Waals surface area contributed by atoms with Crippen LogP contribution in [0.5, 0.6) is 0 Å². The van der Waals surface area contributed by atoms with Crippen LogP contribution in [0.2, 0.25) is 0 Å². The smallest absolute Gasteiger partial charge is 0.171 e. The minimum atomic E-state index is -0.461. The lowest BCUT2D eigenvalue weighted by Gasteiger charge is -2.49. The Morgan fingerprint density at radius 3 is 2.88 bits per heavy atom. The number of nitrogens with two attached hydrogens (primary N) is 1. The third kappa shape index (κ3) is 3.53. The van der Waals surface area contributed by atoms with Crippen LogP contribution in [-0.4, -0.2) is 43.8 Å². The highest BCUT2D eigenvalue weighted by molar-refractivity contribution is 5.47. The van der Waals surface area contributed by atoms with Crippen molar-refractivity contribution >= 4 is 5.69 Å². The Morgan fingerprint density at radius 1 is 1.24 bits per heavy atom. The molecule has 138 valence electrons. The van der Waals surface area contributed by atoms with Crippen LogP contribution in [0, 0.1) is 5.82 Å². The van der Waals surface area contributed by atoms with E-state index >= 15 is 0 Å². The van der Waals surface area contributed by atoms with Gasteiger partial charge in [-0.2, -0.15) is 0 Å². The van der Waals surface area contributed by atoms with E-state index in [1.165, 1.54) is 6.07 Å². The highest BCUT2D eigenvalue weighted by atomic mass is 19.1. The molecule has 1 unspecified atom stereocenters. The summed E-state index contributed by atoms with van der Waals surface area (Å²) < 4.78 is 32.3. The molecule has 2 atom stereocenters. The second-order valence-corrected chi connectivity index (χ2v) is 7.54. The molecule has 3 N–H and O–H groups in total. The monoisotopic (exact) mass is 350 g/mol. The van der Waals surface area contributed by atoms with Crippen molar-refractivity contribution in [3.05, 3.63) is 29.6 Å². The van der Waals surface area contributed by atoms with Gasteiger partial charge in [0.15, 0.2) is 5.79 Å². The Hall–Kier alpha value is -1.21. The summed E-state index contributed by atoms with van der Waals surface area (Å²) in [4.78, 5) is 0. The van der Waals surface area contributed by atoms with Crippen LogP contribution in [-0.2, 0) is 20.6 Å². The molecule has 1 aromatic rings. The minimum Gasteiger partial charge on any atom is -0.398 e. The summed E-state index contributed by atoms with van der Waals surface area (Å²) >= 11 is 0. The second-order valence-electron chi connectivity index (χ2n) is 7.54. The van der Waals surface area contributed by atoms with Crippen molar-refractivity contribution in [1.82, 2.24) is 5.32 Å². The van der Waals surface area contributed by atoms with Crippen molar-refractivity contribution in [3.8, 4) is 0 Å². The second kappa shape index (κ2) is 6.83. The SMILES string of the molecule is Nc1cccc(F)c1CC[C@@H]1CNCC2(CCCC3(C2)OCCO3)O1. The summed E-state index contributed by atoms with van der Waals surface area (Å²) in [6, 6.07) is 4.86. The number of anilines is 1. The van der Waals surface area contributed by atoms with Gasteiger partial charge in [0.2, 0.25) is 0 Å². The Labute approximate surface area is 148 Å². The Kier molecular flexibility index (Phi) is 4.71. The van der Waals surface area contributed by atoms with Crippen LogP contribution >= 0.6 is 0 Å². The van der Waals surface area contributed by atoms with E-state index < -0.39 is 5.79 Å². The minimum absolute atomic E-state index is 0.0457. The van der Waals surface area contributed by atoms with Crippen LogP contribution in [0.4, 0.5) is 10.1 Å². The van der Waals surface area contributed by atoms with E-state index in [1.54, 1.807) is 12.1 Å². The number of ether oxygens (including phenoxy) is 3. The van der Waals surface area contributed by atoms with Gasteiger partial charge < -0.3 is 25.3 Å². The molecule has 1 aromatic carbocycles. The standard InChI is InChI=1S/C19H27FN2O3/c20-16-3-1-4-17(21)15(16)6-5-14-11-22-13-18(25-14)7-2-8-19(12-18)23-9-10-24-19/h1,3-4,14,22H,2,5-13,21H2/t14-,18?/m1/s1. The van der Waals surface area contributed by atoms with Gasteiger partial charge in [0.1, 0.15) is 5.82 Å². The topological polar surface area (TPSA) is 65.7 Å². The molecule has 0 amide bonds. The number of benzene rings is 1. The molecule has 1 aliphatic carbocycles. The quantitative estimate of drug-likeness (QED) is 0.820. The predicted molar refractivity (Wildman–Crippen MR) is 92.7 cm³/mol. The number of nitrogens with one attached hydrogen (secondary N) is 1. The molecule has 25 heavy (non-hydrogen) atoms. The average Bonchev–Trinajstić information content (AvgIpc) is 3.02. The van der Waals surface area contributed by atoms with E-state index in [0.717, 1.165) is 45.2 Å². The van der Waals surface area contributed by atoms with Crippen LogP contribution in [0.25, 0.3) is 0 Å². The summed E-state index contributed by atoms with van der Waals surface area (Å²) in [6.07, 6.45) is 5.12. The number of nitrogen functional groups attached to an aromatic ring is 1. The summed E-state index contributed by atoms with van der Waals surface area (Å²) in [6.45, 7) is 2.93.